The summed E-state index contributed by atoms with van der Waals surface area (Å²) in [5, 5.41) is 21.9. The Kier molecular flexibility index (Phi) is 9.69. The van der Waals surface area contributed by atoms with Crippen molar-refractivity contribution in [3.63, 3.8) is 0 Å². The van der Waals surface area contributed by atoms with E-state index in [0.717, 1.165) is 29.2 Å². The molecule has 206 valence electrons. The Balaban J connectivity index is 1.71. The zero-order valence-corrected chi connectivity index (χ0v) is 22.4. The summed E-state index contributed by atoms with van der Waals surface area (Å²) in [5.74, 6) is -3.46. The van der Waals surface area contributed by atoms with Gasteiger partial charge in [0.25, 0.3) is 17.5 Å². The SMILES string of the molecule is COCCOC(=O)c1c(NC(=O)COC(=O)c2ccc(Sc3nncn3C)c([N+](=O)[O-])c2)sc(C(N)=O)c1C. The van der Waals surface area contributed by atoms with Crippen molar-refractivity contribution in [2.75, 3.05) is 32.2 Å². The molecule has 2 aromatic heterocycles. The third-order valence-electron chi connectivity index (χ3n) is 4.95. The van der Waals surface area contributed by atoms with Crippen molar-refractivity contribution in [1.29, 1.82) is 0 Å². The van der Waals surface area contributed by atoms with Crippen LogP contribution in [-0.2, 0) is 26.1 Å². The lowest BCUT2D eigenvalue weighted by molar-refractivity contribution is -0.387. The smallest absolute Gasteiger partial charge is 0.341 e. The maximum atomic E-state index is 12.5. The fourth-order valence-corrected chi connectivity index (χ4v) is 5.00. The summed E-state index contributed by atoms with van der Waals surface area (Å²) >= 11 is 1.75. The summed E-state index contributed by atoms with van der Waals surface area (Å²) in [7, 11) is 3.09. The maximum Gasteiger partial charge on any atom is 0.341 e. The molecule has 39 heavy (non-hydrogen) atoms. The molecule has 0 aliphatic carbocycles. The first-order chi connectivity index (χ1) is 18.5. The van der Waals surface area contributed by atoms with Gasteiger partial charge in [-0.2, -0.15) is 0 Å². The largest absolute Gasteiger partial charge is 0.460 e. The Morgan fingerprint density at radius 2 is 1.95 bits per heavy atom. The second kappa shape index (κ2) is 12.9. The molecule has 15 nitrogen and oxygen atoms in total. The van der Waals surface area contributed by atoms with E-state index in [1.165, 1.54) is 32.5 Å². The van der Waals surface area contributed by atoms with Gasteiger partial charge in [-0.15, -0.1) is 21.5 Å². The van der Waals surface area contributed by atoms with Crippen molar-refractivity contribution in [1.82, 2.24) is 14.8 Å². The van der Waals surface area contributed by atoms with Gasteiger partial charge in [0.2, 0.25) is 0 Å². The second-order valence-corrected chi connectivity index (χ2v) is 9.67. The zero-order valence-electron chi connectivity index (χ0n) is 20.8. The topological polar surface area (TPSA) is 208 Å². The molecule has 2 heterocycles. The number of hydrogen-bond acceptors (Lipinski definition) is 13. The van der Waals surface area contributed by atoms with Crippen LogP contribution >= 0.6 is 23.1 Å². The number of methoxy groups -OCH3 is 1. The fourth-order valence-electron chi connectivity index (χ4n) is 3.09. The normalized spacial score (nSPS) is 10.6. The van der Waals surface area contributed by atoms with Crippen molar-refractivity contribution < 1.29 is 38.3 Å². The van der Waals surface area contributed by atoms with Crippen molar-refractivity contribution in [2.45, 2.75) is 17.0 Å². The molecule has 0 radical (unpaired) electrons. The summed E-state index contributed by atoms with van der Waals surface area (Å²) in [6, 6.07) is 3.69. The van der Waals surface area contributed by atoms with Gasteiger partial charge in [0.05, 0.1) is 32.4 Å². The molecule has 0 fully saturated rings. The number of anilines is 1. The molecule has 0 spiro atoms. The predicted octanol–water partition coefficient (Wildman–Crippen LogP) is 1.94. The highest BCUT2D eigenvalue weighted by Gasteiger charge is 2.26. The molecular formula is C22H22N6O9S2. The quantitative estimate of drug-likeness (QED) is 0.137. The highest BCUT2D eigenvalue weighted by molar-refractivity contribution is 7.99. The maximum absolute atomic E-state index is 12.5. The number of primary amides is 1. The van der Waals surface area contributed by atoms with Crippen LogP contribution in [-0.4, -0.2) is 70.4 Å². The van der Waals surface area contributed by atoms with E-state index >= 15 is 0 Å². The minimum atomic E-state index is -0.997. The van der Waals surface area contributed by atoms with Crippen LogP contribution in [0.15, 0.2) is 34.6 Å². The molecule has 0 saturated carbocycles. The summed E-state index contributed by atoms with van der Waals surface area (Å²) < 4.78 is 16.5. The number of carbonyl (C=O) groups excluding carboxylic acids is 4. The van der Waals surface area contributed by atoms with Crippen molar-refractivity contribution in [3.05, 3.63) is 56.2 Å². The number of nitrogens with zero attached hydrogens (tertiary/aromatic N) is 4. The van der Waals surface area contributed by atoms with Crippen molar-refractivity contribution in [2.24, 2.45) is 12.8 Å². The van der Waals surface area contributed by atoms with Crippen LogP contribution in [0, 0.1) is 17.0 Å². The number of benzene rings is 1. The second-order valence-electron chi connectivity index (χ2n) is 7.64. The van der Waals surface area contributed by atoms with E-state index in [1.54, 1.807) is 11.6 Å². The first-order valence-electron chi connectivity index (χ1n) is 10.9. The Hall–Kier alpha value is -4.35. The number of aromatic nitrogens is 3. The number of amides is 2. The minimum absolute atomic E-state index is 0.0226. The number of thiophene rings is 1. The molecule has 0 saturated heterocycles. The van der Waals surface area contributed by atoms with Gasteiger partial charge < -0.3 is 29.8 Å². The van der Waals surface area contributed by atoms with Gasteiger partial charge >= 0.3 is 11.9 Å². The van der Waals surface area contributed by atoms with E-state index in [2.05, 4.69) is 15.5 Å². The molecule has 0 bridgehead atoms. The Morgan fingerprint density at radius 1 is 1.21 bits per heavy atom. The summed E-state index contributed by atoms with van der Waals surface area (Å²) in [6.07, 6.45) is 1.43. The highest BCUT2D eigenvalue weighted by atomic mass is 32.2. The lowest BCUT2D eigenvalue weighted by Crippen LogP contribution is -2.22. The number of nitro groups is 1. The van der Waals surface area contributed by atoms with Gasteiger partial charge in [-0.1, -0.05) is 0 Å². The third kappa shape index (κ3) is 7.15. The van der Waals surface area contributed by atoms with Gasteiger partial charge in [0.15, 0.2) is 11.8 Å². The number of ether oxygens (including phenoxy) is 3. The number of aryl methyl sites for hydroxylation is 1. The number of hydrogen-bond donors (Lipinski definition) is 2. The molecule has 0 aliphatic heterocycles. The first kappa shape index (κ1) is 29.2. The number of esters is 2. The zero-order chi connectivity index (χ0) is 28.7. The summed E-state index contributed by atoms with van der Waals surface area (Å²) in [5.41, 5.74) is 4.97. The molecule has 0 aliphatic rings. The molecule has 17 heteroatoms. The van der Waals surface area contributed by atoms with Crippen LogP contribution in [0.25, 0.3) is 0 Å². The molecule has 1 aromatic carbocycles. The Morgan fingerprint density at radius 3 is 2.56 bits per heavy atom. The molecular weight excluding hydrogens is 556 g/mol. The van der Waals surface area contributed by atoms with E-state index < -0.39 is 35.3 Å². The predicted molar refractivity (Wildman–Crippen MR) is 137 cm³/mol. The summed E-state index contributed by atoms with van der Waals surface area (Å²) in [4.78, 5) is 60.5. The number of nitrogens with two attached hydrogens (primary N) is 1. The van der Waals surface area contributed by atoms with Crippen LogP contribution in [0.2, 0.25) is 0 Å². The lowest BCUT2D eigenvalue weighted by atomic mass is 10.1. The van der Waals surface area contributed by atoms with Crippen LogP contribution in [0.4, 0.5) is 10.7 Å². The van der Waals surface area contributed by atoms with Crippen LogP contribution < -0.4 is 11.1 Å². The van der Waals surface area contributed by atoms with E-state index in [0.29, 0.717) is 5.16 Å². The molecule has 0 atom stereocenters. The number of carbonyl (C=O) groups is 4. The van der Waals surface area contributed by atoms with Crippen LogP contribution in [0.3, 0.4) is 0 Å². The van der Waals surface area contributed by atoms with E-state index in [9.17, 15) is 29.3 Å². The van der Waals surface area contributed by atoms with E-state index in [-0.39, 0.29) is 50.4 Å². The standard InChI is InChI=1S/C22H22N6O9S2/c1-11-16(21(32)36-7-6-35-3)19(39-17(11)18(23)30)25-15(29)9-37-20(31)12-4-5-14(13(8-12)28(33)34)38-22-26-24-10-27(22)2/h4-5,8,10H,6-7,9H2,1-3H3,(H2,23,30)(H,25,29). The van der Waals surface area contributed by atoms with Gasteiger partial charge in [-0.3, -0.25) is 19.7 Å². The lowest BCUT2D eigenvalue weighted by Gasteiger charge is -2.09. The number of rotatable bonds is 12. The third-order valence-corrected chi connectivity index (χ3v) is 7.28. The van der Waals surface area contributed by atoms with E-state index in [4.69, 9.17) is 19.9 Å². The van der Waals surface area contributed by atoms with Gasteiger partial charge in [0.1, 0.15) is 17.9 Å². The minimum Gasteiger partial charge on any atom is -0.460 e. The average Bonchev–Trinajstić information content (AvgIpc) is 3.44. The average molecular weight is 579 g/mol. The molecule has 3 N–H and O–H groups in total. The van der Waals surface area contributed by atoms with Crippen molar-refractivity contribution >= 4 is 57.5 Å². The van der Waals surface area contributed by atoms with Gasteiger partial charge in [0, 0.05) is 20.2 Å². The van der Waals surface area contributed by atoms with Crippen molar-refractivity contribution in [3.8, 4) is 0 Å². The molecule has 3 aromatic rings. The fraction of sp³-hybridized carbons (Fsp3) is 0.273. The van der Waals surface area contributed by atoms with Gasteiger partial charge in [-0.25, -0.2) is 9.59 Å². The van der Waals surface area contributed by atoms with Crippen LogP contribution in [0.5, 0.6) is 0 Å². The highest BCUT2D eigenvalue weighted by Crippen LogP contribution is 2.35. The Bertz CT molecular complexity index is 1440. The number of nitrogens with one attached hydrogen (secondary N) is 1. The molecule has 2 amide bonds. The summed E-state index contributed by atoms with van der Waals surface area (Å²) in [6.45, 7) is 0.748. The number of nitro benzene ring substituents is 1. The first-order valence-corrected chi connectivity index (χ1v) is 12.5. The van der Waals surface area contributed by atoms with Gasteiger partial charge in [-0.05, 0) is 36.4 Å². The van der Waals surface area contributed by atoms with E-state index in [1.807, 2.05) is 0 Å². The monoisotopic (exact) mass is 578 g/mol. The molecule has 3 rings (SSSR count). The molecule has 0 unspecified atom stereocenters. The van der Waals surface area contributed by atoms with Crippen LogP contribution in [0.1, 0.15) is 36.0 Å². The Labute approximate surface area is 228 Å².